The van der Waals surface area contributed by atoms with Gasteiger partial charge in [0.15, 0.2) is 0 Å². The minimum absolute atomic E-state index is 0.183. The number of imidazole rings is 1. The Morgan fingerprint density at radius 3 is 2.57 bits per heavy atom. The molecule has 1 aromatic carbocycles. The van der Waals surface area contributed by atoms with Crippen molar-refractivity contribution < 1.29 is 5.11 Å². The third-order valence-corrected chi connectivity index (χ3v) is 3.81. The number of nitrogens with zero attached hydrogens (tertiary/aromatic N) is 3. The molecule has 0 aliphatic rings. The molecule has 0 aliphatic heterocycles. The third-order valence-electron chi connectivity index (χ3n) is 3.81. The first kappa shape index (κ1) is 15.7. The summed E-state index contributed by atoms with van der Waals surface area (Å²) in [6.45, 7) is 5.27. The van der Waals surface area contributed by atoms with E-state index in [1.54, 1.807) is 0 Å². The highest BCUT2D eigenvalue weighted by atomic mass is 16.3. The molecule has 0 saturated heterocycles. The summed E-state index contributed by atoms with van der Waals surface area (Å²) in [5, 5.41) is 9.37. The molecule has 0 bridgehead atoms. The highest BCUT2D eigenvalue weighted by Crippen LogP contribution is 2.24. The van der Waals surface area contributed by atoms with Gasteiger partial charge in [0, 0.05) is 31.1 Å². The predicted molar refractivity (Wildman–Crippen MR) is 85.0 cm³/mol. The van der Waals surface area contributed by atoms with Crippen molar-refractivity contribution in [3.8, 4) is 0 Å². The van der Waals surface area contributed by atoms with Crippen LogP contribution in [0.5, 0.6) is 0 Å². The van der Waals surface area contributed by atoms with E-state index in [0.717, 1.165) is 18.8 Å². The molecule has 4 heteroatoms. The Labute approximate surface area is 127 Å². The van der Waals surface area contributed by atoms with Crippen LogP contribution in [0.15, 0.2) is 42.7 Å². The maximum Gasteiger partial charge on any atom is 0.123 e. The first-order valence-corrected chi connectivity index (χ1v) is 7.51. The zero-order valence-corrected chi connectivity index (χ0v) is 13.1. The van der Waals surface area contributed by atoms with Gasteiger partial charge < -0.3 is 9.67 Å². The molecular weight excluding hydrogens is 262 g/mol. The molecule has 0 fully saturated rings. The molecule has 0 amide bonds. The minimum Gasteiger partial charge on any atom is -0.396 e. The van der Waals surface area contributed by atoms with E-state index in [0.29, 0.717) is 6.04 Å². The maximum atomic E-state index is 9.37. The zero-order valence-electron chi connectivity index (χ0n) is 13.1. The Bertz CT molecular complexity index is 536. The van der Waals surface area contributed by atoms with E-state index >= 15 is 0 Å². The summed E-state index contributed by atoms with van der Waals surface area (Å²) in [5.41, 5.74) is 1.23. The first-order valence-electron chi connectivity index (χ1n) is 7.51. The van der Waals surface area contributed by atoms with Crippen LogP contribution in [0.4, 0.5) is 0 Å². The summed E-state index contributed by atoms with van der Waals surface area (Å²) in [4.78, 5) is 6.73. The van der Waals surface area contributed by atoms with Gasteiger partial charge in [0.1, 0.15) is 5.82 Å². The molecule has 114 valence electrons. The van der Waals surface area contributed by atoms with E-state index in [2.05, 4.69) is 47.5 Å². The highest BCUT2D eigenvalue weighted by Gasteiger charge is 2.18. The Hall–Kier alpha value is -1.65. The fraction of sp³-hybridized carbons (Fsp3) is 0.471. The van der Waals surface area contributed by atoms with Crippen molar-refractivity contribution >= 4 is 0 Å². The normalized spacial score (nSPS) is 13.0. The van der Waals surface area contributed by atoms with Crippen LogP contribution in [0.25, 0.3) is 0 Å². The van der Waals surface area contributed by atoms with Crippen LogP contribution < -0.4 is 0 Å². The second kappa shape index (κ2) is 7.38. The summed E-state index contributed by atoms with van der Waals surface area (Å²) < 4.78 is 2.19. The van der Waals surface area contributed by atoms with E-state index in [1.165, 1.54) is 5.56 Å². The zero-order chi connectivity index (χ0) is 15.2. The molecule has 2 aromatic rings. The summed E-state index contributed by atoms with van der Waals surface area (Å²) in [6, 6.07) is 10.9. The predicted octanol–water partition coefficient (Wildman–Crippen LogP) is 3.02. The molecule has 0 aliphatic carbocycles. The fourth-order valence-electron chi connectivity index (χ4n) is 2.71. The van der Waals surface area contributed by atoms with Crippen LogP contribution >= 0.6 is 0 Å². The molecule has 1 aromatic heterocycles. The molecule has 2 rings (SSSR count). The van der Waals surface area contributed by atoms with Gasteiger partial charge in [-0.3, -0.25) is 4.90 Å². The largest absolute Gasteiger partial charge is 0.396 e. The van der Waals surface area contributed by atoms with Crippen molar-refractivity contribution in [1.29, 1.82) is 0 Å². The van der Waals surface area contributed by atoms with Gasteiger partial charge in [-0.15, -0.1) is 0 Å². The molecule has 4 nitrogen and oxygen atoms in total. The van der Waals surface area contributed by atoms with Crippen LogP contribution in [0.2, 0.25) is 0 Å². The second-order valence-electron chi connectivity index (χ2n) is 5.70. The highest BCUT2D eigenvalue weighted by molar-refractivity contribution is 5.19. The number of hydrogen-bond donors (Lipinski definition) is 1. The number of aliphatic hydroxyl groups is 1. The average Bonchev–Trinajstić information content (AvgIpc) is 2.94. The molecule has 21 heavy (non-hydrogen) atoms. The first-order chi connectivity index (χ1) is 10.1. The van der Waals surface area contributed by atoms with Gasteiger partial charge in [0.2, 0.25) is 0 Å². The van der Waals surface area contributed by atoms with Crippen LogP contribution in [0, 0.1) is 0 Å². The third kappa shape index (κ3) is 3.93. The number of aromatic nitrogens is 2. The van der Waals surface area contributed by atoms with Crippen molar-refractivity contribution in [1.82, 2.24) is 14.5 Å². The molecule has 1 unspecified atom stereocenters. The lowest BCUT2D eigenvalue weighted by molar-refractivity contribution is 0.175. The smallest absolute Gasteiger partial charge is 0.123 e. The maximum absolute atomic E-state index is 9.37. The van der Waals surface area contributed by atoms with Crippen molar-refractivity contribution in [2.75, 3.05) is 13.7 Å². The van der Waals surface area contributed by atoms with E-state index < -0.39 is 0 Å². The average molecular weight is 287 g/mol. The standard InChI is InChI=1S/C17H25N3O/c1-14(2)20-11-10-18-17(20)13-19(3)16(9-12-21)15-7-5-4-6-8-15/h4-8,10-11,14,16,21H,9,12-13H2,1-3H3. The van der Waals surface area contributed by atoms with Crippen LogP contribution in [-0.2, 0) is 6.54 Å². The SMILES string of the molecule is CC(C)n1ccnc1CN(C)C(CCO)c1ccccc1. The lowest BCUT2D eigenvalue weighted by Gasteiger charge is -2.28. The molecule has 0 radical (unpaired) electrons. The number of aliphatic hydroxyl groups excluding tert-OH is 1. The lowest BCUT2D eigenvalue weighted by atomic mass is 10.0. The van der Waals surface area contributed by atoms with Crippen molar-refractivity contribution in [2.24, 2.45) is 0 Å². The van der Waals surface area contributed by atoms with E-state index in [-0.39, 0.29) is 12.6 Å². The molecule has 1 heterocycles. The van der Waals surface area contributed by atoms with Gasteiger partial charge in [0.25, 0.3) is 0 Å². The summed E-state index contributed by atoms with van der Waals surface area (Å²) in [7, 11) is 2.09. The summed E-state index contributed by atoms with van der Waals surface area (Å²) in [5.74, 6) is 1.06. The Balaban J connectivity index is 2.15. The van der Waals surface area contributed by atoms with Gasteiger partial charge >= 0.3 is 0 Å². The van der Waals surface area contributed by atoms with Crippen molar-refractivity contribution in [3.05, 3.63) is 54.1 Å². The Morgan fingerprint density at radius 2 is 1.95 bits per heavy atom. The van der Waals surface area contributed by atoms with E-state index in [1.807, 2.05) is 30.6 Å². The lowest BCUT2D eigenvalue weighted by Crippen LogP contribution is -2.27. The molecule has 1 atom stereocenters. The number of hydrogen-bond acceptors (Lipinski definition) is 3. The second-order valence-corrected chi connectivity index (χ2v) is 5.70. The summed E-state index contributed by atoms with van der Waals surface area (Å²) in [6.07, 6.45) is 4.60. The topological polar surface area (TPSA) is 41.3 Å². The molecule has 0 saturated carbocycles. The summed E-state index contributed by atoms with van der Waals surface area (Å²) >= 11 is 0. The van der Waals surface area contributed by atoms with E-state index in [4.69, 9.17) is 0 Å². The number of rotatable bonds is 7. The van der Waals surface area contributed by atoms with Crippen LogP contribution in [-0.4, -0.2) is 33.2 Å². The van der Waals surface area contributed by atoms with Gasteiger partial charge in [-0.2, -0.15) is 0 Å². The van der Waals surface area contributed by atoms with Gasteiger partial charge in [-0.05, 0) is 32.9 Å². The van der Waals surface area contributed by atoms with Gasteiger partial charge in [-0.25, -0.2) is 4.98 Å². The minimum atomic E-state index is 0.183. The molecular formula is C17H25N3O. The van der Waals surface area contributed by atoms with Gasteiger partial charge in [0.05, 0.1) is 6.54 Å². The Morgan fingerprint density at radius 1 is 1.24 bits per heavy atom. The van der Waals surface area contributed by atoms with Gasteiger partial charge in [-0.1, -0.05) is 30.3 Å². The van der Waals surface area contributed by atoms with Crippen LogP contribution in [0.1, 0.15) is 43.7 Å². The monoisotopic (exact) mass is 287 g/mol. The molecule has 1 N–H and O–H groups in total. The molecule has 0 spiro atoms. The Kier molecular flexibility index (Phi) is 5.53. The van der Waals surface area contributed by atoms with E-state index in [9.17, 15) is 5.11 Å². The van der Waals surface area contributed by atoms with Crippen molar-refractivity contribution in [2.45, 2.75) is 38.9 Å². The van der Waals surface area contributed by atoms with Crippen LogP contribution in [0.3, 0.4) is 0 Å². The van der Waals surface area contributed by atoms with Crippen molar-refractivity contribution in [3.63, 3.8) is 0 Å². The fourth-order valence-corrected chi connectivity index (χ4v) is 2.71. The quantitative estimate of drug-likeness (QED) is 0.851. The number of benzene rings is 1.